The molecule has 16 heteroatoms. The number of imide groups is 1. The number of aromatic nitrogens is 3. The van der Waals surface area contributed by atoms with E-state index in [-0.39, 0.29) is 42.0 Å². The molecule has 3 saturated heterocycles. The van der Waals surface area contributed by atoms with Crippen molar-refractivity contribution in [3.63, 3.8) is 0 Å². The Morgan fingerprint density at radius 1 is 0.836 bits per heavy atom. The van der Waals surface area contributed by atoms with Crippen LogP contribution in [0, 0.1) is 5.92 Å². The highest BCUT2D eigenvalue weighted by molar-refractivity contribution is 6.01. The van der Waals surface area contributed by atoms with Gasteiger partial charge in [-0.25, -0.2) is 4.98 Å². The van der Waals surface area contributed by atoms with E-state index in [9.17, 15) is 32.3 Å². The Bertz CT molecular complexity index is 2480. The van der Waals surface area contributed by atoms with E-state index in [1.54, 1.807) is 23.1 Å². The van der Waals surface area contributed by atoms with Crippen LogP contribution in [-0.2, 0) is 31.9 Å². The van der Waals surface area contributed by atoms with Gasteiger partial charge in [0, 0.05) is 87.0 Å². The zero-order chi connectivity index (χ0) is 47.2. The summed E-state index contributed by atoms with van der Waals surface area (Å²) in [6.07, 6.45) is 3.54. The van der Waals surface area contributed by atoms with Gasteiger partial charge in [0.05, 0.1) is 17.7 Å². The molecule has 0 aliphatic carbocycles. The number of carbonyl (C=O) groups excluding carboxylic acids is 4. The van der Waals surface area contributed by atoms with Gasteiger partial charge in [0.1, 0.15) is 18.4 Å². The number of nitrogens with one attached hydrogen (secondary N) is 3. The van der Waals surface area contributed by atoms with E-state index in [1.165, 1.54) is 12.1 Å². The van der Waals surface area contributed by atoms with E-state index in [1.807, 2.05) is 66.6 Å². The van der Waals surface area contributed by atoms with Crippen LogP contribution in [0.15, 0.2) is 110 Å². The molecular weight excluding hydrogens is 860 g/mol. The van der Waals surface area contributed by atoms with E-state index in [2.05, 4.69) is 61.8 Å². The average Bonchev–Trinajstić information content (AvgIpc) is 3.79. The predicted octanol–water partition coefficient (Wildman–Crippen LogP) is 7.40. The third-order valence-electron chi connectivity index (χ3n) is 13.5. The van der Waals surface area contributed by atoms with Crippen LogP contribution in [-0.4, -0.2) is 99.5 Å². The number of anilines is 2. The van der Waals surface area contributed by atoms with Crippen molar-refractivity contribution in [1.82, 2.24) is 35.2 Å². The van der Waals surface area contributed by atoms with Crippen molar-refractivity contribution in [2.24, 2.45) is 5.92 Å². The zero-order valence-corrected chi connectivity index (χ0v) is 38.1. The van der Waals surface area contributed by atoms with Gasteiger partial charge < -0.3 is 20.4 Å². The van der Waals surface area contributed by atoms with Gasteiger partial charge in [-0.05, 0) is 98.0 Å². The highest BCUT2D eigenvalue weighted by Crippen LogP contribution is 2.32. The van der Waals surface area contributed by atoms with Crippen LogP contribution in [0.25, 0.3) is 11.1 Å². The molecule has 0 spiro atoms. The van der Waals surface area contributed by atoms with E-state index in [4.69, 9.17) is 0 Å². The molecule has 8 rings (SSSR count). The molecule has 3 aliphatic heterocycles. The van der Waals surface area contributed by atoms with Gasteiger partial charge in [-0.15, -0.1) is 0 Å². The SMILES string of the molecule is C[C@H](CN[C@@H](C(=O)Nc1ccc(-c2cnn(CC(=O)N3CCC(CN4[C@H](C)CN(c5ccc(C6CCC(=O)NC6=O)cc5)C[C@@H]4C)CC3)c2)cn1)c1ccccc1)c1ccc(C(F)(F)F)cc1. The van der Waals surface area contributed by atoms with Crippen LogP contribution >= 0.6 is 0 Å². The summed E-state index contributed by atoms with van der Waals surface area (Å²) in [7, 11) is 0. The molecule has 5 atom stereocenters. The number of hydrogen-bond donors (Lipinski definition) is 3. The van der Waals surface area contributed by atoms with Gasteiger partial charge >= 0.3 is 6.18 Å². The minimum Gasteiger partial charge on any atom is -0.368 e. The van der Waals surface area contributed by atoms with Crippen molar-refractivity contribution in [2.45, 2.75) is 89.1 Å². The fourth-order valence-corrected chi connectivity index (χ4v) is 9.61. The minimum atomic E-state index is -4.41. The smallest absolute Gasteiger partial charge is 0.368 e. The molecule has 3 N–H and O–H groups in total. The monoisotopic (exact) mass is 917 g/mol. The molecule has 3 fully saturated rings. The van der Waals surface area contributed by atoms with Crippen molar-refractivity contribution in [3.8, 4) is 11.1 Å². The summed E-state index contributed by atoms with van der Waals surface area (Å²) in [5.74, 6) is -0.348. The maximum Gasteiger partial charge on any atom is 0.416 e. The average molecular weight is 918 g/mol. The molecule has 3 aliphatic rings. The standard InChI is InChI=1S/C51H58F3N9O4/c1-33(37-9-14-42(15-10-37)51(52,53)54)25-56-48(39-7-5-4-6-8-39)50(67)58-45-19-13-40(26-55-45)41-27-57-62(31-41)32-47(65)60-23-21-36(22-24-60)30-63-34(2)28-61(29-35(63)3)43-16-11-38(12-17-43)44-18-20-46(64)59-49(44)66/h4-17,19,26-27,31,33-36,44,48,56H,18,20-25,28-30,32H2,1-3H3,(H,55,58,67)(H,59,64,66)/t33-,34-,35+,44?,48-/m1/s1. The summed E-state index contributed by atoms with van der Waals surface area (Å²) in [6.45, 7) is 11.1. The van der Waals surface area contributed by atoms with Gasteiger partial charge in [-0.2, -0.15) is 18.3 Å². The Morgan fingerprint density at radius 2 is 1.54 bits per heavy atom. The highest BCUT2D eigenvalue weighted by Gasteiger charge is 2.34. The number of alkyl halides is 3. The van der Waals surface area contributed by atoms with Gasteiger partial charge in [0.2, 0.25) is 23.6 Å². The predicted molar refractivity (Wildman–Crippen MR) is 250 cm³/mol. The van der Waals surface area contributed by atoms with Crippen molar-refractivity contribution in [1.29, 1.82) is 0 Å². The van der Waals surface area contributed by atoms with Crippen molar-refractivity contribution < 1.29 is 32.3 Å². The normalized spacial score (nSPS) is 20.6. The van der Waals surface area contributed by atoms with Crippen molar-refractivity contribution in [2.75, 3.05) is 49.5 Å². The molecular formula is C51H58F3N9O4. The third kappa shape index (κ3) is 11.6. The molecule has 1 unspecified atom stereocenters. The molecule has 5 aromatic rings. The van der Waals surface area contributed by atoms with E-state index < -0.39 is 17.8 Å². The molecule has 0 radical (unpaired) electrons. The zero-order valence-electron chi connectivity index (χ0n) is 38.1. The Hall–Kier alpha value is -6.39. The number of rotatable bonds is 14. The molecule has 352 valence electrons. The molecule has 5 heterocycles. The lowest BCUT2D eigenvalue weighted by molar-refractivity contribution is -0.138. The fourth-order valence-electron chi connectivity index (χ4n) is 9.61. The van der Waals surface area contributed by atoms with Gasteiger partial charge in [0.15, 0.2) is 0 Å². The number of piperazine rings is 1. The van der Waals surface area contributed by atoms with Crippen LogP contribution in [0.5, 0.6) is 0 Å². The molecule has 2 aromatic heterocycles. The summed E-state index contributed by atoms with van der Waals surface area (Å²) in [5.41, 5.74) is 4.37. The quantitative estimate of drug-likeness (QED) is 0.0972. The second-order valence-electron chi connectivity index (χ2n) is 18.3. The Kier molecular flexibility index (Phi) is 14.5. The van der Waals surface area contributed by atoms with Crippen molar-refractivity contribution >= 4 is 35.1 Å². The summed E-state index contributed by atoms with van der Waals surface area (Å²) in [5, 5.41) is 13.1. The van der Waals surface area contributed by atoms with E-state index in [0.29, 0.717) is 56.3 Å². The van der Waals surface area contributed by atoms with E-state index in [0.717, 1.165) is 78.1 Å². The van der Waals surface area contributed by atoms with Gasteiger partial charge in [-0.1, -0.05) is 61.5 Å². The molecule has 4 amide bonds. The van der Waals surface area contributed by atoms with Crippen LogP contribution in [0.3, 0.4) is 0 Å². The number of pyridine rings is 1. The van der Waals surface area contributed by atoms with Crippen molar-refractivity contribution in [3.05, 3.63) is 132 Å². The second kappa shape index (κ2) is 20.6. The van der Waals surface area contributed by atoms with Crippen LogP contribution in [0.1, 0.15) is 86.6 Å². The van der Waals surface area contributed by atoms with Crippen LogP contribution < -0.4 is 20.9 Å². The lowest BCUT2D eigenvalue weighted by atomic mass is 9.90. The number of carbonyl (C=O) groups is 4. The Balaban J connectivity index is 0.787. The Labute approximate surface area is 389 Å². The van der Waals surface area contributed by atoms with E-state index >= 15 is 0 Å². The highest BCUT2D eigenvalue weighted by atomic mass is 19.4. The first kappa shape index (κ1) is 47.1. The van der Waals surface area contributed by atoms with Gasteiger partial charge in [0.25, 0.3) is 0 Å². The minimum absolute atomic E-state index is 0.0265. The first-order chi connectivity index (χ1) is 32.2. The fraction of sp³-hybridized carbons (Fsp3) is 0.412. The van der Waals surface area contributed by atoms with Crippen LogP contribution in [0.4, 0.5) is 24.7 Å². The number of halogens is 3. The number of piperidine rings is 2. The molecule has 13 nitrogen and oxygen atoms in total. The third-order valence-corrected chi connectivity index (χ3v) is 13.5. The summed E-state index contributed by atoms with van der Waals surface area (Å²) >= 11 is 0. The maximum absolute atomic E-state index is 13.6. The number of nitrogens with zero attached hydrogens (tertiary/aromatic N) is 6. The number of hydrogen-bond acceptors (Lipinski definition) is 9. The molecule has 3 aromatic carbocycles. The number of benzene rings is 3. The molecule has 0 saturated carbocycles. The summed E-state index contributed by atoms with van der Waals surface area (Å²) in [6, 6.07) is 26.0. The summed E-state index contributed by atoms with van der Waals surface area (Å²) in [4.78, 5) is 62.5. The number of likely N-dealkylation sites (tertiary alicyclic amines) is 1. The lowest BCUT2D eigenvalue weighted by Gasteiger charge is -2.47. The first-order valence-corrected chi connectivity index (χ1v) is 23.2. The molecule has 0 bridgehead atoms. The lowest BCUT2D eigenvalue weighted by Crippen LogP contribution is -2.58. The largest absolute Gasteiger partial charge is 0.416 e. The summed E-state index contributed by atoms with van der Waals surface area (Å²) < 4.78 is 40.9. The first-order valence-electron chi connectivity index (χ1n) is 23.2. The van der Waals surface area contributed by atoms with Crippen LogP contribution in [0.2, 0.25) is 0 Å². The van der Waals surface area contributed by atoms with Gasteiger partial charge in [-0.3, -0.25) is 34.1 Å². The topological polar surface area (TPSA) is 145 Å². The number of amides is 4. The maximum atomic E-state index is 13.6. The molecule has 67 heavy (non-hydrogen) atoms. The Morgan fingerprint density at radius 3 is 2.18 bits per heavy atom. The second-order valence-corrected chi connectivity index (χ2v) is 18.3.